The molecule has 1 aromatic heterocycles. The lowest BCUT2D eigenvalue weighted by Crippen LogP contribution is -2.04. The predicted molar refractivity (Wildman–Crippen MR) is 75.3 cm³/mol. The summed E-state index contributed by atoms with van der Waals surface area (Å²) in [6.07, 6.45) is -2.91. The van der Waals surface area contributed by atoms with E-state index >= 15 is 0 Å². The standard InChI is InChI=1S/C15H9ClF3NO2/c1-8-4-11(5-9-7-20-22-14(8)9)21-13-3-2-10(6-12(13)16)15(17,18)19/h2-7H,1H3. The molecule has 0 spiro atoms. The molecule has 0 saturated carbocycles. The highest BCUT2D eigenvalue weighted by molar-refractivity contribution is 6.32. The first-order valence-electron chi connectivity index (χ1n) is 6.24. The van der Waals surface area contributed by atoms with E-state index in [4.69, 9.17) is 20.9 Å². The summed E-state index contributed by atoms with van der Waals surface area (Å²) in [4.78, 5) is 0. The fourth-order valence-corrected chi connectivity index (χ4v) is 2.29. The quantitative estimate of drug-likeness (QED) is 0.614. The summed E-state index contributed by atoms with van der Waals surface area (Å²) in [5.74, 6) is 0.583. The second-order valence-corrected chi connectivity index (χ2v) is 5.14. The van der Waals surface area contributed by atoms with E-state index in [0.29, 0.717) is 11.3 Å². The third kappa shape index (κ3) is 2.74. The zero-order chi connectivity index (χ0) is 15.9. The largest absolute Gasteiger partial charge is 0.456 e. The maximum Gasteiger partial charge on any atom is 0.416 e. The fraction of sp³-hybridized carbons (Fsp3) is 0.133. The van der Waals surface area contributed by atoms with Crippen molar-refractivity contribution in [1.29, 1.82) is 0 Å². The monoisotopic (exact) mass is 327 g/mol. The molecule has 0 aliphatic rings. The van der Waals surface area contributed by atoms with E-state index in [0.717, 1.165) is 23.1 Å². The van der Waals surface area contributed by atoms with Gasteiger partial charge < -0.3 is 9.26 Å². The molecule has 0 N–H and O–H groups in total. The maximum atomic E-state index is 12.6. The molecule has 0 saturated heterocycles. The Morgan fingerprint density at radius 2 is 1.95 bits per heavy atom. The molecule has 0 aliphatic carbocycles. The highest BCUT2D eigenvalue weighted by Crippen LogP contribution is 2.37. The molecular weight excluding hydrogens is 319 g/mol. The molecule has 0 atom stereocenters. The van der Waals surface area contributed by atoms with Crippen molar-refractivity contribution in [2.75, 3.05) is 0 Å². The van der Waals surface area contributed by atoms with Crippen LogP contribution in [0.25, 0.3) is 11.0 Å². The molecule has 3 rings (SSSR count). The smallest absolute Gasteiger partial charge is 0.416 e. The van der Waals surface area contributed by atoms with Crippen LogP contribution in [0.4, 0.5) is 13.2 Å². The van der Waals surface area contributed by atoms with Crippen molar-refractivity contribution in [2.45, 2.75) is 13.1 Å². The Bertz CT molecular complexity index is 842. The van der Waals surface area contributed by atoms with Gasteiger partial charge in [0.1, 0.15) is 11.5 Å². The van der Waals surface area contributed by atoms with Crippen LogP contribution >= 0.6 is 11.6 Å². The van der Waals surface area contributed by atoms with Crippen LogP contribution in [-0.2, 0) is 6.18 Å². The molecule has 0 fully saturated rings. The van der Waals surface area contributed by atoms with Crippen LogP contribution in [0.5, 0.6) is 11.5 Å². The number of nitrogens with zero attached hydrogens (tertiary/aromatic N) is 1. The molecular formula is C15H9ClF3NO2. The first-order valence-corrected chi connectivity index (χ1v) is 6.62. The number of rotatable bonds is 2. The normalized spacial score (nSPS) is 11.9. The van der Waals surface area contributed by atoms with Crippen molar-refractivity contribution >= 4 is 22.6 Å². The van der Waals surface area contributed by atoms with Gasteiger partial charge in [-0.3, -0.25) is 0 Å². The number of hydrogen-bond acceptors (Lipinski definition) is 3. The first-order chi connectivity index (χ1) is 10.3. The Morgan fingerprint density at radius 3 is 2.64 bits per heavy atom. The van der Waals surface area contributed by atoms with Gasteiger partial charge >= 0.3 is 6.18 Å². The van der Waals surface area contributed by atoms with Crippen LogP contribution in [0, 0.1) is 6.92 Å². The van der Waals surface area contributed by atoms with E-state index in [-0.39, 0.29) is 10.8 Å². The van der Waals surface area contributed by atoms with Gasteiger partial charge in [-0.2, -0.15) is 13.2 Å². The minimum Gasteiger partial charge on any atom is -0.456 e. The summed E-state index contributed by atoms with van der Waals surface area (Å²) >= 11 is 5.87. The molecule has 0 aliphatic heterocycles. The van der Waals surface area contributed by atoms with E-state index in [9.17, 15) is 13.2 Å². The molecule has 0 amide bonds. The van der Waals surface area contributed by atoms with Crippen molar-refractivity contribution in [3.05, 3.63) is 52.7 Å². The number of benzene rings is 2. The second-order valence-electron chi connectivity index (χ2n) is 4.73. The van der Waals surface area contributed by atoms with E-state index in [1.807, 2.05) is 6.92 Å². The SMILES string of the molecule is Cc1cc(Oc2ccc(C(F)(F)F)cc2Cl)cc2cnoc12. The summed E-state index contributed by atoms with van der Waals surface area (Å²) in [5.41, 5.74) is 0.606. The molecule has 0 unspecified atom stereocenters. The van der Waals surface area contributed by atoms with Crippen LogP contribution in [0.2, 0.25) is 5.02 Å². The van der Waals surface area contributed by atoms with Crippen molar-refractivity contribution in [1.82, 2.24) is 5.16 Å². The number of fused-ring (bicyclic) bond motifs is 1. The Hall–Kier alpha value is -2.21. The molecule has 0 bridgehead atoms. The number of alkyl halides is 3. The summed E-state index contributed by atoms with van der Waals surface area (Å²) < 4.78 is 48.4. The van der Waals surface area contributed by atoms with E-state index < -0.39 is 11.7 Å². The number of ether oxygens (including phenoxy) is 1. The first kappa shape index (κ1) is 14.7. The minimum atomic E-state index is -4.44. The number of hydrogen-bond donors (Lipinski definition) is 0. The lowest BCUT2D eigenvalue weighted by atomic mass is 10.1. The molecule has 0 radical (unpaired) electrons. The summed E-state index contributed by atoms with van der Waals surface area (Å²) in [6, 6.07) is 6.32. The average Bonchev–Trinajstić information content (AvgIpc) is 2.88. The van der Waals surface area contributed by atoms with Gasteiger partial charge in [0.15, 0.2) is 5.58 Å². The van der Waals surface area contributed by atoms with Crippen molar-refractivity contribution < 1.29 is 22.4 Å². The van der Waals surface area contributed by atoms with Crippen LogP contribution in [0.1, 0.15) is 11.1 Å². The molecule has 2 aromatic carbocycles. The van der Waals surface area contributed by atoms with E-state index in [2.05, 4.69) is 5.16 Å². The lowest BCUT2D eigenvalue weighted by Gasteiger charge is -2.11. The average molecular weight is 328 g/mol. The third-order valence-corrected chi connectivity index (χ3v) is 3.40. The zero-order valence-electron chi connectivity index (χ0n) is 11.2. The lowest BCUT2D eigenvalue weighted by molar-refractivity contribution is -0.137. The van der Waals surface area contributed by atoms with Gasteiger partial charge in [-0.15, -0.1) is 0 Å². The Morgan fingerprint density at radius 1 is 1.18 bits per heavy atom. The van der Waals surface area contributed by atoms with E-state index in [1.165, 1.54) is 12.3 Å². The predicted octanol–water partition coefficient (Wildman–Crippen LogP) is 5.60. The topological polar surface area (TPSA) is 35.3 Å². The fourth-order valence-electron chi connectivity index (χ4n) is 2.07. The molecule has 22 heavy (non-hydrogen) atoms. The van der Waals surface area contributed by atoms with Crippen molar-refractivity contribution in [3.63, 3.8) is 0 Å². The molecule has 114 valence electrons. The van der Waals surface area contributed by atoms with Crippen molar-refractivity contribution in [3.8, 4) is 11.5 Å². The van der Waals surface area contributed by atoms with Crippen LogP contribution < -0.4 is 4.74 Å². The Kier molecular flexibility index (Phi) is 3.48. The summed E-state index contributed by atoms with van der Waals surface area (Å²) in [5, 5.41) is 4.31. The van der Waals surface area contributed by atoms with Crippen LogP contribution in [-0.4, -0.2) is 5.16 Å². The van der Waals surface area contributed by atoms with Gasteiger partial charge in [0.25, 0.3) is 0 Å². The van der Waals surface area contributed by atoms with Crippen LogP contribution in [0.3, 0.4) is 0 Å². The summed E-state index contributed by atoms with van der Waals surface area (Å²) in [6.45, 7) is 1.81. The maximum absolute atomic E-state index is 12.6. The zero-order valence-corrected chi connectivity index (χ0v) is 12.0. The van der Waals surface area contributed by atoms with Gasteiger partial charge in [0.2, 0.25) is 0 Å². The summed E-state index contributed by atoms with van der Waals surface area (Å²) in [7, 11) is 0. The van der Waals surface area contributed by atoms with Gasteiger partial charge in [-0.05, 0) is 42.8 Å². The number of halogens is 4. The molecule has 3 nitrogen and oxygen atoms in total. The minimum absolute atomic E-state index is 0.113. The second kappa shape index (κ2) is 5.21. The Labute approximate surface area is 128 Å². The van der Waals surface area contributed by atoms with E-state index in [1.54, 1.807) is 12.1 Å². The number of aryl methyl sites for hydroxylation is 1. The highest BCUT2D eigenvalue weighted by Gasteiger charge is 2.31. The molecule has 1 heterocycles. The van der Waals surface area contributed by atoms with Crippen LogP contribution in [0.15, 0.2) is 41.1 Å². The van der Waals surface area contributed by atoms with Gasteiger partial charge in [0.05, 0.1) is 16.8 Å². The number of aromatic nitrogens is 1. The third-order valence-electron chi connectivity index (χ3n) is 3.10. The molecule has 7 heteroatoms. The van der Waals surface area contributed by atoms with Gasteiger partial charge in [-0.25, -0.2) is 0 Å². The van der Waals surface area contributed by atoms with Crippen molar-refractivity contribution in [2.24, 2.45) is 0 Å². The molecule has 3 aromatic rings. The highest BCUT2D eigenvalue weighted by atomic mass is 35.5. The van der Waals surface area contributed by atoms with Gasteiger partial charge in [-0.1, -0.05) is 16.8 Å². The van der Waals surface area contributed by atoms with Gasteiger partial charge in [0, 0.05) is 5.39 Å². The Balaban J connectivity index is 1.94.